The van der Waals surface area contributed by atoms with E-state index in [9.17, 15) is 4.79 Å². The van der Waals surface area contributed by atoms with Gasteiger partial charge in [0.25, 0.3) is 5.91 Å². The molecule has 1 aliphatic rings. The van der Waals surface area contributed by atoms with Crippen LogP contribution in [0.25, 0.3) is 11.0 Å². The quantitative estimate of drug-likeness (QED) is 0.740. The third-order valence-corrected chi connectivity index (χ3v) is 4.36. The number of amides is 1. The number of furan rings is 1. The predicted molar refractivity (Wildman–Crippen MR) is 86.6 cm³/mol. The molecule has 3 aromatic rings. The Balaban J connectivity index is 1.61. The summed E-state index contributed by atoms with van der Waals surface area (Å²) in [6, 6.07) is 7.69. The molecule has 6 nitrogen and oxygen atoms in total. The normalized spacial score (nSPS) is 14.2. The fourth-order valence-corrected chi connectivity index (χ4v) is 3.13. The zero-order chi connectivity index (χ0) is 16.7. The number of carbonyl (C=O) groups is 1. The Kier molecular flexibility index (Phi) is 3.61. The highest BCUT2D eigenvalue weighted by Crippen LogP contribution is 2.28. The Bertz CT molecular complexity index is 909. The molecule has 24 heavy (non-hydrogen) atoms. The lowest BCUT2D eigenvalue weighted by molar-refractivity contribution is 0.0696. The second kappa shape index (κ2) is 5.79. The molecular formula is C18H18N2O4. The highest BCUT2D eigenvalue weighted by Gasteiger charge is 2.29. The molecule has 0 bridgehead atoms. The van der Waals surface area contributed by atoms with Crippen LogP contribution >= 0.6 is 0 Å². The van der Waals surface area contributed by atoms with Crippen LogP contribution in [0.3, 0.4) is 0 Å². The standard InChI is InChI=1S/C18H18N2O4/c1-11-12-5-3-4-6-14(12)24-17(11)18(21)20-8-7-15-13(9-20)19-16(23-15)10-22-2/h3-6H,7-10H2,1-2H3. The Morgan fingerprint density at radius 2 is 2.17 bits per heavy atom. The van der Waals surface area contributed by atoms with Gasteiger partial charge in [0, 0.05) is 31.0 Å². The van der Waals surface area contributed by atoms with E-state index in [0.29, 0.717) is 37.8 Å². The highest BCUT2D eigenvalue weighted by molar-refractivity contribution is 5.98. The number of nitrogens with zero attached hydrogens (tertiary/aromatic N) is 2. The summed E-state index contributed by atoms with van der Waals surface area (Å²) in [5.41, 5.74) is 2.41. The van der Waals surface area contributed by atoms with Crippen LogP contribution in [0.4, 0.5) is 0 Å². The van der Waals surface area contributed by atoms with E-state index in [1.165, 1.54) is 0 Å². The summed E-state index contributed by atoms with van der Waals surface area (Å²) in [6.45, 7) is 3.27. The molecule has 0 atom stereocenters. The maximum absolute atomic E-state index is 12.9. The SMILES string of the molecule is COCc1nc2c(o1)CCN(C(=O)c1oc3ccccc3c1C)C2. The van der Waals surface area contributed by atoms with Gasteiger partial charge in [-0.2, -0.15) is 0 Å². The minimum absolute atomic E-state index is 0.106. The Morgan fingerprint density at radius 1 is 1.33 bits per heavy atom. The van der Waals surface area contributed by atoms with Crippen molar-refractivity contribution in [1.29, 1.82) is 0 Å². The summed E-state index contributed by atoms with van der Waals surface area (Å²) >= 11 is 0. The van der Waals surface area contributed by atoms with Crippen LogP contribution in [0.15, 0.2) is 33.1 Å². The summed E-state index contributed by atoms with van der Waals surface area (Å²) in [5.74, 6) is 1.69. The lowest BCUT2D eigenvalue weighted by Crippen LogP contribution is -2.35. The molecule has 1 amide bonds. The molecule has 0 saturated heterocycles. The predicted octanol–water partition coefficient (Wildman–Crippen LogP) is 3.07. The number of fused-ring (bicyclic) bond motifs is 2. The van der Waals surface area contributed by atoms with Gasteiger partial charge in [0.1, 0.15) is 23.6 Å². The van der Waals surface area contributed by atoms with E-state index in [4.69, 9.17) is 13.6 Å². The van der Waals surface area contributed by atoms with Gasteiger partial charge in [-0.1, -0.05) is 18.2 Å². The molecule has 1 aliphatic heterocycles. The van der Waals surface area contributed by atoms with Gasteiger partial charge in [-0.25, -0.2) is 4.98 Å². The first kappa shape index (κ1) is 15.0. The summed E-state index contributed by atoms with van der Waals surface area (Å²) in [4.78, 5) is 19.1. The molecule has 3 heterocycles. The van der Waals surface area contributed by atoms with E-state index in [1.807, 2.05) is 31.2 Å². The number of carbonyl (C=O) groups excluding carboxylic acids is 1. The number of methoxy groups -OCH3 is 1. The number of aryl methyl sites for hydroxylation is 1. The van der Waals surface area contributed by atoms with Gasteiger partial charge >= 0.3 is 0 Å². The minimum Gasteiger partial charge on any atom is -0.451 e. The number of ether oxygens (including phenoxy) is 1. The number of para-hydroxylation sites is 1. The zero-order valence-electron chi connectivity index (χ0n) is 13.7. The largest absolute Gasteiger partial charge is 0.451 e. The van der Waals surface area contributed by atoms with Crippen molar-refractivity contribution < 1.29 is 18.4 Å². The number of hydrogen-bond donors (Lipinski definition) is 0. The van der Waals surface area contributed by atoms with Crippen LogP contribution < -0.4 is 0 Å². The lowest BCUT2D eigenvalue weighted by atomic mass is 10.1. The van der Waals surface area contributed by atoms with Crippen molar-refractivity contribution in [2.45, 2.75) is 26.5 Å². The van der Waals surface area contributed by atoms with Gasteiger partial charge in [0.15, 0.2) is 5.76 Å². The van der Waals surface area contributed by atoms with Gasteiger partial charge in [0.05, 0.1) is 6.54 Å². The first-order valence-electron chi connectivity index (χ1n) is 7.91. The van der Waals surface area contributed by atoms with Gasteiger partial charge < -0.3 is 18.5 Å². The highest BCUT2D eigenvalue weighted by atomic mass is 16.5. The molecule has 0 N–H and O–H groups in total. The summed E-state index contributed by atoms with van der Waals surface area (Å²) in [5, 5.41) is 0.974. The molecule has 124 valence electrons. The van der Waals surface area contributed by atoms with Crippen molar-refractivity contribution >= 4 is 16.9 Å². The molecule has 6 heteroatoms. The minimum atomic E-state index is -0.106. The zero-order valence-corrected chi connectivity index (χ0v) is 13.7. The van der Waals surface area contributed by atoms with E-state index in [-0.39, 0.29) is 5.91 Å². The first-order chi connectivity index (χ1) is 11.7. The van der Waals surface area contributed by atoms with E-state index >= 15 is 0 Å². The second-order valence-corrected chi connectivity index (χ2v) is 5.94. The molecule has 1 aromatic carbocycles. The summed E-state index contributed by atoms with van der Waals surface area (Å²) < 4.78 is 16.5. The Hall–Kier alpha value is -2.60. The van der Waals surface area contributed by atoms with Crippen LogP contribution in [0.1, 0.15) is 33.5 Å². The van der Waals surface area contributed by atoms with E-state index < -0.39 is 0 Å². The van der Waals surface area contributed by atoms with E-state index in [1.54, 1.807) is 12.0 Å². The van der Waals surface area contributed by atoms with E-state index in [2.05, 4.69) is 4.98 Å². The van der Waals surface area contributed by atoms with Crippen molar-refractivity contribution in [2.75, 3.05) is 13.7 Å². The van der Waals surface area contributed by atoms with Crippen LogP contribution in [-0.2, 0) is 24.3 Å². The number of benzene rings is 1. The second-order valence-electron chi connectivity index (χ2n) is 5.94. The maximum atomic E-state index is 12.9. The van der Waals surface area contributed by atoms with Crippen molar-refractivity contribution in [3.63, 3.8) is 0 Å². The molecule has 0 spiro atoms. The molecule has 0 saturated carbocycles. The average Bonchev–Trinajstić information content (AvgIpc) is 3.15. The summed E-state index contributed by atoms with van der Waals surface area (Å²) in [6.07, 6.45) is 0.650. The lowest BCUT2D eigenvalue weighted by Gasteiger charge is -2.24. The van der Waals surface area contributed by atoms with Gasteiger partial charge in [-0.05, 0) is 13.0 Å². The van der Waals surface area contributed by atoms with Crippen molar-refractivity contribution in [3.8, 4) is 0 Å². The summed E-state index contributed by atoms with van der Waals surface area (Å²) in [7, 11) is 1.60. The maximum Gasteiger partial charge on any atom is 0.290 e. The molecule has 0 fully saturated rings. The Labute approximate surface area is 139 Å². The fraction of sp³-hybridized carbons (Fsp3) is 0.333. The average molecular weight is 326 g/mol. The van der Waals surface area contributed by atoms with Crippen molar-refractivity contribution in [3.05, 3.63) is 52.9 Å². The van der Waals surface area contributed by atoms with E-state index in [0.717, 1.165) is 28.0 Å². The number of oxazole rings is 1. The number of rotatable bonds is 3. The van der Waals surface area contributed by atoms with Gasteiger partial charge in [-0.3, -0.25) is 4.79 Å². The van der Waals surface area contributed by atoms with Crippen LogP contribution in [0.5, 0.6) is 0 Å². The molecule has 0 aliphatic carbocycles. The molecule has 4 rings (SSSR count). The van der Waals surface area contributed by atoms with Gasteiger partial charge in [0.2, 0.25) is 5.89 Å². The molecule has 2 aromatic heterocycles. The topological polar surface area (TPSA) is 68.7 Å². The van der Waals surface area contributed by atoms with Crippen molar-refractivity contribution in [1.82, 2.24) is 9.88 Å². The van der Waals surface area contributed by atoms with Crippen LogP contribution in [-0.4, -0.2) is 29.4 Å². The fourth-order valence-electron chi connectivity index (χ4n) is 3.13. The monoisotopic (exact) mass is 326 g/mol. The number of hydrogen-bond acceptors (Lipinski definition) is 5. The molecule has 0 radical (unpaired) electrons. The first-order valence-corrected chi connectivity index (χ1v) is 7.91. The molecular weight excluding hydrogens is 308 g/mol. The number of aromatic nitrogens is 1. The third kappa shape index (κ3) is 2.39. The van der Waals surface area contributed by atoms with Crippen molar-refractivity contribution in [2.24, 2.45) is 0 Å². The molecule has 0 unspecified atom stereocenters. The smallest absolute Gasteiger partial charge is 0.290 e. The van der Waals surface area contributed by atoms with Crippen LogP contribution in [0, 0.1) is 6.92 Å². The van der Waals surface area contributed by atoms with Crippen LogP contribution in [0.2, 0.25) is 0 Å². The van der Waals surface area contributed by atoms with Gasteiger partial charge in [-0.15, -0.1) is 0 Å². The Morgan fingerprint density at radius 3 is 2.96 bits per heavy atom. The third-order valence-electron chi connectivity index (χ3n) is 4.36.